The molecule has 0 aromatic carbocycles. The molecule has 2 saturated carbocycles. The normalized spacial score (nSPS) is 32.0. The first kappa shape index (κ1) is 19.9. The first-order valence-corrected chi connectivity index (χ1v) is 11.1. The first-order chi connectivity index (χ1) is 12.9. The van der Waals surface area contributed by atoms with Crippen molar-refractivity contribution in [2.24, 2.45) is 16.7 Å². The van der Waals surface area contributed by atoms with Crippen molar-refractivity contribution in [3.05, 3.63) is 16.0 Å². The molecule has 0 radical (unpaired) electrons. The second-order valence-electron chi connectivity index (χ2n) is 10.2. The van der Waals surface area contributed by atoms with Crippen LogP contribution in [0.15, 0.2) is 0 Å². The van der Waals surface area contributed by atoms with Crippen molar-refractivity contribution in [1.29, 1.82) is 0 Å². The number of anilines is 1. The summed E-state index contributed by atoms with van der Waals surface area (Å²) in [7, 11) is 0. The van der Waals surface area contributed by atoms with Crippen LogP contribution in [0.5, 0.6) is 0 Å². The molecular weight excluding hydrogens is 374 g/mol. The van der Waals surface area contributed by atoms with Crippen LogP contribution in [-0.2, 0) is 20.5 Å². The third kappa shape index (κ3) is 2.46. The average molecular weight is 406 g/mol. The van der Waals surface area contributed by atoms with E-state index in [1.165, 1.54) is 11.3 Å². The first-order valence-electron chi connectivity index (χ1n) is 10.3. The van der Waals surface area contributed by atoms with Crippen LogP contribution >= 0.6 is 11.3 Å². The topological polar surface area (TPSA) is 75.6 Å². The zero-order valence-corrected chi connectivity index (χ0v) is 18.5. The second kappa shape index (κ2) is 5.82. The number of nitrogens with one attached hydrogen (secondary N) is 1. The Labute approximate surface area is 170 Å². The lowest BCUT2D eigenvalue weighted by Crippen LogP contribution is -2.45. The van der Waals surface area contributed by atoms with E-state index in [0.29, 0.717) is 23.4 Å². The van der Waals surface area contributed by atoms with Gasteiger partial charge in [-0.3, -0.25) is 4.79 Å². The molecule has 2 N–H and O–H groups in total. The van der Waals surface area contributed by atoms with E-state index in [9.17, 15) is 14.7 Å². The molecule has 6 heteroatoms. The van der Waals surface area contributed by atoms with Crippen LogP contribution in [0.25, 0.3) is 0 Å². The minimum atomic E-state index is -0.889. The SMILES string of the molecule is CCOC(=O)c1c(NC(=O)C2C(C)(C)C2(C)C)sc2c1C1(C)CCC2(O)CC1. The number of thiophene rings is 1. The molecule has 0 unspecified atom stereocenters. The number of amides is 1. The Kier molecular flexibility index (Phi) is 4.13. The third-order valence-corrected chi connectivity index (χ3v) is 9.41. The number of hydrogen-bond acceptors (Lipinski definition) is 5. The van der Waals surface area contributed by atoms with E-state index in [2.05, 4.69) is 39.9 Å². The number of ether oxygens (including phenoxy) is 1. The molecule has 0 saturated heterocycles. The smallest absolute Gasteiger partial charge is 0.341 e. The van der Waals surface area contributed by atoms with Gasteiger partial charge in [0.2, 0.25) is 5.91 Å². The lowest BCUT2D eigenvalue weighted by Gasteiger charge is -2.49. The number of carbonyl (C=O) groups is 2. The Hall–Kier alpha value is -1.40. The minimum Gasteiger partial charge on any atom is -0.462 e. The predicted molar refractivity (Wildman–Crippen MR) is 110 cm³/mol. The summed E-state index contributed by atoms with van der Waals surface area (Å²) in [5.41, 5.74) is 0.162. The van der Waals surface area contributed by atoms with Crippen molar-refractivity contribution in [1.82, 2.24) is 0 Å². The highest BCUT2D eigenvalue weighted by atomic mass is 32.1. The van der Waals surface area contributed by atoms with E-state index in [4.69, 9.17) is 4.74 Å². The summed E-state index contributed by atoms with van der Waals surface area (Å²) in [5.74, 6) is -0.560. The van der Waals surface area contributed by atoms with Crippen LogP contribution in [0.2, 0.25) is 0 Å². The molecule has 1 aromatic heterocycles. The van der Waals surface area contributed by atoms with Gasteiger partial charge in [0.15, 0.2) is 0 Å². The Morgan fingerprint density at radius 2 is 1.68 bits per heavy atom. The molecule has 2 fully saturated rings. The number of carbonyl (C=O) groups excluding carboxylic acids is 2. The van der Waals surface area contributed by atoms with Crippen LogP contribution in [0, 0.1) is 16.7 Å². The fourth-order valence-electron chi connectivity index (χ4n) is 5.55. The molecule has 0 atom stereocenters. The van der Waals surface area contributed by atoms with E-state index < -0.39 is 11.6 Å². The van der Waals surface area contributed by atoms with Crippen molar-refractivity contribution in [3.63, 3.8) is 0 Å². The van der Waals surface area contributed by atoms with Crippen LogP contribution in [-0.4, -0.2) is 23.6 Å². The van der Waals surface area contributed by atoms with E-state index in [-0.39, 0.29) is 34.7 Å². The highest BCUT2D eigenvalue weighted by Gasteiger charge is 2.68. The van der Waals surface area contributed by atoms with Gasteiger partial charge in [-0.05, 0) is 54.4 Å². The number of aliphatic hydroxyl groups is 1. The summed E-state index contributed by atoms with van der Waals surface area (Å²) in [6.45, 7) is 12.6. The number of esters is 1. The molecule has 28 heavy (non-hydrogen) atoms. The van der Waals surface area contributed by atoms with Gasteiger partial charge in [0.25, 0.3) is 0 Å². The van der Waals surface area contributed by atoms with Gasteiger partial charge in [0.05, 0.1) is 17.8 Å². The summed E-state index contributed by atoms with van der Waals surface area (Å²) in [4.78, 5) is 26.8. The maximum Gasteiger partial charge on any atom is 0.341 e. The Bertz CT molecular complexity index is 844. The van der Waals surface area contributed by atoms with Gasteiger partial charge in [-0.2, -0.15) is 0 Å². The van der Waals surface area contributed by atoms with Crippen molar-refractivity contribution >= 4 is 28.2 Å². The van der Waals surface area contributed by atoms with E-state index in [0.717, 1.165) is 23.3 Å². The van der Waals surface area contributed by atoms with Crippen molar-refractivity contribution < 1.29 is 19.4 Å². The average Bonchev–Trinajstić information content (AvgIpc) is 2.88. The molecule has 1 amide bonds. The summed E-state index contributed by atoms with van der Waals surface area (Å²) in [6, 6.07) is 0. The van der Waals surface area contributed by atoms with Gasteiger partial charge in [-0.25, -0.2) is 4.79 Å². The van der Waals surface area contributed by atoms with Crippen molar-refractivity contribution in [3.8, 4) is 0 Å². The Morgan fingerprint density at radius 3 is 2.18 bits per heavy atom. The highest BCUT2D eigenvalue weighted by molar-refractivity contribution is 7.17. The zero-order chi connectivity index (χ0) is 20.7. The van der Waals surface area contributed by atoms with Gasteiger partial charge < -0.3 is 15.2 Å². The second-order valence-corrected chi connectivity index (χ2v) is 11.2. The Balaban J connectivity index is 1.78. The number of hydrogen-bond donors (Lipinski definition) is 2. The van der Waals surface area contributed by atoms with Crippen LogP contribution in [0.4, 0.5) is 5.00 Å². The summed E-state index contributed by atoms with van der Waals surface area (Å²) in [5, 5.41) is 14.8. The standard InChI is InChI=1S/C22H31NO4S/c1-7-27-18(25)12-13-15(22(26)10-8-21(13,6)9-11-22)28-17(12)23-16(24)14-19(2,3)20(14,4)5/h14,26H,7-11H2,1-6H3,(H,23,24). The molecule has 5 nitrogen and oxygen atoms in total. The molecule has 0 spiro atoms. The van der Waals surface area contributed by atoms with Gasteiger partial charge in [-0.1, -0.05) is 34.6 Å². The maximum absolute atomic E-state index is 13.1. The minimum absolute atomic E-state index is 0.0522. The van der Waals surface area contributed by atoms with Crippen LogP contribution < -0.4 is 5.32 Å². The monoisotopic (exact) mass is 405 g/mol. The van der Waals surface area contributed by atoms with Gasteiger partial charge >= 0.3 is 5.97 Å². The fourth-order valence-corrected chi connectivity index (χ4v) is 7.04. The third-order valence-electron chi connectivity index (χ3n) is 8.11. The zero-order valence-electron chi connectivity index (χ0n) is 17.7. The van der Waals surface area contributed by atoms with Gasteiger partial charge in [0.1, 0.15) is 5.00 Å². The molecule has 154 valence electrons. The number of fused-ring (bicyclic) bond motifs is 2. The van der Waals surface area contributed by atoms with Crippen LogP contribution in [0.1, 0.15) is 88.0 Å². The van der Waals surface area contributed by atoms with Gasteiger partial charge in [0, 0.05) is 10.8 Å². The summed E-state index contributed by atoms with van der Waals surface area (Å²) in [6.07, 6.45) is 3.09. The summed E-state index contributed by atoms with van der Waals surface area (Å²) >= 11 is 1.37. The van der Waals surface area contributed by atoms with Crippen LogP contribution in [0.3, 0.4) is 0 Å². The van der Waals surface area contributed by atoms with Gasteiger partial charge in [-0.15, -0.1) is 11.3 Å². The lowest BCUT2D eigenvalue weighted by molar-refractivity contribution is -0.118. The lowest BCUT2D eigenvalue weighted by atomic mass is 9.58. The molecule has 2 bridgehead atoms. The highest BCUT2D eigenvalue weighted by Crippen LogP contribution is 2.69. The van der Waals surface area contributed by atoms with E-state index >= 15 is 0 Å². The molecule has 1 heterocycles. The van der Waals surface area contributed by atoms with Crippen molar-refractivity contribution in [2.75, 3.05) is 11.9 Å². The largest absolute Gasteiger partial charge is 0.462 e. The molecule has 5 rings (SSSR count). The number of rotatable bonds is 4. The fraction of sp³-hybridized carbons (Fsp3) is 0.727. The predicted octanol–water partition coefficient (Wildman–Crippen LogP) is 4.58. The Morgan fingerprint density at radius 1 is 1.11 bits per heavy atom. The maximum atomic E-state index is 13.1. The van der Waals surface area contributed by atoms with E-state index in [1.807, 2.05) is 0 Å². The molecule has 4 aliphatic rings. The summed E-state index contributed by atoms with van der Waals surface area (Å²) < 4.78 is 5.35. The molecule has 1 aromatic rings. The molecule has 4 aliphatic carbocycles. The quantitative estimate of drug-likeness (QED) is 0.719. The van der Waals surface area contributed by atoms with E-state index in [1.54, 1.807) is 6.92 Å². The molecule has 0 aliphatic heterocycles. The molecular formula is C22H31NO4S. The van der Waals surface area contributed by atoms with Crippen molar-refractivity contribution in [2.45, 2.75) is 78.2 Å².